The summed E-state index contributed by atoms with van der Waals surface area (Å²) in [5.74, 6) is -0.839. The molecule has 0 spiro atoms. The highest BCUT2D eigenvalue weighted by atomic mass is 16.5. The lowest BCUT2D eigenvalue weighted by atomic mass is 10.1. The number of rotatable bonds is 6. The number of para-hydroxylation sites is 2. The molecule has 2 aromatic carbocycles. The minimum atomic E-state index is -0.945. The molecule has 1 amide bonds. The van der Waals surface area contributed by atoms with Crippen LogP contribution in [0, 0.1) is 0 Å². The van der Waals surface area contributed by atoms with E-state index in [0.717, 1.165) is 0 Å². The molecule has 0 bridgehead atoms. The van der Waals surface area contributed by atoms with Gasteiger partial charge in [0.1, 0.15) is 5.75 Å². The lowest BCUT2D eigenvalue weighted by molar-refractivity contribution is -0.136. The van der Waals surface area contributed by atoms with Gasteiger partial charge in [-0.2, -0.15) is 0 Å². The quantitative estimate of drug-likeness (QED) is 0.854. The molecule has 0 radical (unpaired) electrons. The van der Waals surface area contributed by atoms with Crippen LogP contribution >= 0.6 is 0 Å². The van der Waals surface area contributed by atoms with Crippen molar-refractivity contribution in [3.05, 3.63) is 60.2 Å². The van der Waals surface area contributed by atoms with Gasteiger partial charge in [-0.25, -0.2) is 0 Å². The van der Waals surface area contributed by atoms with Crippen molar-refractivity contribution in [3.8, 4) is 5.75 Å². The molecule has 5 heteroatoms. The summed E-state index contributed by atoms with van der Waals surface area (Å²) >= 11 is 0. The van der Waals surface area contributed by atoms with Crippen LogP contribution in [0.2, 0.25) is 0 Å². The number of hydrogen-bond donors (Lipinski definition) is 2. The number of carboxylic acids is 1. The van der Waals surface area contributed by atoms with Crippen molar-refractivity contribution in [2.75, 3.05) is 11.9 Å². The number of ether oxygens (including phenoxy) is 1. The van der Waals surface area contributed by atoms with E-state index in [0.29, 0.717) is 17.0 Å². The molecule has 2 rings (SSSR count). The lowest BCUT2D eigenvalue weighted by Gasteiger charge is -2.10. The Morgan fingerprint density at radius 1 is 1.00 bits per heavy atom. The van der Waals surface area contributed by atoms with Gasteiger partial charge in [0, 0.05) is 11.3 Å². The van der Waals surface area contributed by atoms with E-state index in [-0.39, 0.29) is 18.9 Å². The summed E-state index contributed by atoms with van der Waals surface area (Å²) in [6, 6.07) is 15.8. The van der Waals surface area contributed by atoms with Gasteiger partial charge in [0.2, 0.25) is 0 Å². The van der Waals surface area contributed by atoms with Gasteiger partial charge >= 0.3 is 5.97 Å². The van der Waals surface area contributed by atoms with Gasteiger partial charge in [-0.05, 0) is 18.2 Å². The summed E-state index contributed by atoms with van der Waals surface area (Å²) < 4.78 is 5.40. The Labute approximate surface area is 122 Å². The number of carboxylic acid groups (broad SMARTS) is 1. The zero-order chi connectivity index (χ0) is 15.1. The van der Waals surface area contributed by atoms with Crippen LogP contribution in [0.5, 0.6) is 5.75 Å². The Morgan fingerprint density at radius 3 is 2.38 bits per heavy atom. The molecule has 0 fully saturated rings. The summed E-state index contributed by atoms with van der Waals surface area (Å²) in [5, 5.41) is 11.5. The number of hydrogen-bond acceptors (Lipinski definition) is 3. The van der Waals surface area contributed by atoms with E-state index in [4.69, 9.17) is 9.84 Å². The molecule has 0 unspecified atom stereocenters. The zero-order valence-corrected chi connectivity index (χ0v) is 11.3. The summed E-state index contributed by atoms with van der Waals surface area (Å²) in [6.45, 7) is -0.175. The van der Waals surface area contributed by atoms with E-state index in [1.807, 2.05) is 18.2 Å². The van der Waals surface area contributed by atoms with E-state index in [9.17, 15) is 9.59 Å². The summed E-state index contributed by atoms with van der Waals surface area (Å²) in [6.07, 6.45) is -0.142. The van der Waals surface area contributed by atoms with Crippen molar-refractivity contribution in [3.63, 3.8) is 0 Å². The molecule has 0 aliphatic rings. The Morgan fingerprint density at radius 2 is 1.67 bits per heavy atom. The highest BCUT2D eigenvalue weighted by Crippen LogP contribution is 2.18. The van der Waals surface area contributed by atoms with Crippen LogP contribution in [-0.2, 0) is 16.0 Å². The van der Waals surface area contributed by atoms with E-state index >= 15 is 0 Å². The Hall–Kier alpha value is -2.82. The molecule has 2 aromatic rings. The topological polar surface area (TPSA) is 75.6 Å². The summed E-state index contributed by atoms with van der Waals surface area (Å²) in [4.78, 5) is 22.5. The van der Waals surface area contributed by atoms with Crippen molar-refractivity contribution in [1.82, 2.24) is 0 Å². The number of benzene rings is 2. The van der Waals surface area contributed by atoms with Crippen molar-refractivity contribution < 1.29 is 19.4 Å². The fraction of sp³-hybridized carbons (Fsp3) is 0.125. The number of aliphatic carboxylic acids is 1. The lowest BCUT2D eigenvalue weighted by Crippen LogP contribution is -2.20. The van der Waals surface area contributed by atoms with Crippen LogP contribution in [0.25, 0.3) is 0 Å². The largest absolute Gasteiger partial charge is 0.483 e. The Balaban J connectivity index is 1.93. The molecular weight excluding hydrogens is 270 g/mol. The van der Waals surface area contributed by atoms with Crippen LogP contribution in [0.15, 0.2) is 54.6 Å². The molecule has 108 valence electrons. The SMILES string of the molecule is O=C(O)Cc1ccccc1OCC(=O)Nc1ccccc1. The third-order valence-corrected chi connectivity index (χ3v) is 2.73. The average molecular weight is 285 g/mol. The van der Waals surface area contributed by atoms with Crippen molar-refractivity contribution >= 4 is 17.6 Å². The monoisotopic (exact) mass is 285 g/mol. The maximum Gasteiger partial charge on any atom is 0.307 e. The summed E-state index contributed by atoms with van der Waals surface area (Å²) in [5.41, 5.74) is 1.22. The third-order valence-electron chi connectivity index (χ3n) is 2.73. The predicted molar refractivity (Wildman–Crippen MR) is 78.3 cm³/mol. The number of nitrogens with one attached hydrogen (secondary N) is 1. The number of carbonyl (C=O) groups is 2. The first-order valence-electron chi connectivity index (χ1n) is 6.42. The molecular formula is C16H15NO4. The van der Waals surface area contributed by atoms with E-state index in [2.05, 4.69) is 5.32 Å². The normalized spacial score (nSPS) is 9.90. The Bertz CT molecular complexity index is 625. The summed E-state index contributed by atoms with van der Waals surface area (Å²) in [7, 11) is 0. The minimum absolute atomic E-state index is 0.142. The molecule has 0 atom stereocenters. The number of anilines is 1. The maximum atomic E-state index is 11.8. The van der Waals surface area contributed by atoms with Crippen LogP contribution in [-0.4, -0.2) is 23.6 Å². The van der Waals surface area contributed by atoms with E-state index < -0.39 is 5.97 Å². The first-order valence-corrected chi connectivity index (χ1v) is 6.42. The molecule has 0 aromatic heterocycles. The fourth-order valence-electron chi connectivity index (χ4n) is 1.82. The second-order valence-corrected chi connectivity index (χ2v) is 4.38. The molecule has 0 aliphatic carbocycles. The van der Waals surface area contributed by atoms with E-state index in [1.54, 1.807) is 36.4 Å². The van der Waals surface area contributed by atoms with Gasteiger partial charge in [-0.15, -0.1) is 0 Å². The van der Waals surface area contributed by atoms with Gasteiger partial charge in [0.25, 0.3) is 5.91 Å². The highest BCUT2D eigenvalue weighted by molar-refractivity contribution is 5.91. The van der Waals surface area contributed by atoms with Crippen molar-refractivity contribution in [2.45, 2.75) is 6.42 Å². The first-order chi connectivity index (χ1) is 10.1. The third kappa shape index (κ3) is 4.65. The van der Waals surface area contributed by atoms with Crippen molar-refractivity contribution in [1.29, 1.82) is 0 Å². The van der Waals surface area contributed by atoms with Gasteiger partial charge in [-0.1, -0.05) is 36.4 Å². The maximum absolute atomic E-state index is 11.8. The van der Waals surface area contributed by atoms with Crippen LogP contribution in [0.4, 0.5) is 5.69 Å². The van der Waals surface area contributed by atoms with Crippen LogP contribution < -0.4 is 10.1 Å². The zero-order valence-electron chi connectivity index (χ0n) is 11.3. The predicted octanol–water partition coefficient (Wildman–Crippen LogP) is 2.33. The molecule has 21 heavy (non-hydrogen) atoms. The van der Waals surface area contributed by atoms with Gasteiger partial charge in [-0.3, -0.25) is 9.59 Å². The second-order valence-electron chi connectivity index (χ2n) is 4.38. The number of amides is 1. The highest BCUT2D eigenvalue weighted by Gasteiger charge is 2.09. The number of carbonyl (C=O) groups excluding carboxylic acids is 1. The molecule has 5 nitrogen and oxygen atoms in total. The van der Waals surface area contributed by atoms with Gasteiger partial charge in [0.15, 0.2) is 6.61 Å². The van der Waals surface area contributed by atoms with E-state index in [1.165, 1.54) is 0 Å². The van der Waals surface area contributed by atoms with Crippen LogP contribution in [0.3, 0.4) is 0 Å². The van der Waals surface area contributed by atoms with Crippen molar-refractivity contribution in [2.24, 2.45) is 0 Å². The van der Waals surface area contributed by atoms with Gasteiger partial charge in [0.05, 0.1) is 6.42 Å². The molecule has 2 N–H and O–H groups in total. The van der Waals surface area contributed by atoms with Gasteiger partial charge < -0.3 is 15.2 Å². The first kappa shape index (κ1) is 14.6. The fourth-order valence-corrected chi connectivity index (χ4v) is 1.82. The molecule has 0 heterocycles. The average Bonchev–Trinajstić information content (AvgIpc) is 2.47. The van der Waals surface area contributed by atoms with Crippen LogP contribution in [0.1, 0.15) is 5.56 Å². The second kappa shape index (κ2) is 7.09. The Kier molecular flexibility index (Phi) is 4.93. The molecule has 0 saturated heterocycles. The standard InChI is InChI=1S/C16H15NO4/c18-15(17-13-7-2-1-3-8-13)11-21-14-9-5-4-6-12(14)10-16(19)20/h1-9H,10-11H2,(H,17,18)(H,19,20). The molecule has 0 saturated carbocycles. The minimum Gasteiger partial charge on any atom is -0.483 e. The molecule has 0 aliphatic heterocycles. The smallest absolute Gasteiger partial charge is 0.307 e.